The van der Waals surface area contributed by atoms with Gasteiger partial charge >= 0.3 is 24.0 Å². The lowest BCUT2D eigenvalue weighted by Crippen LogP contribution is -2.80. The van der Waals surface area contributed by atoms with Gasteiger partial charge in [-0.15, -0.1) is 0 Å². The first kappa shape index (κ1) is 44.9. The van der Waals surface area contributed by atoms with Crippen molar-refractivity contribution in [3.8, 4) is 0 Å². The second kappa shape index (κ2) is 16.0. The normalized spacial score (nSPS) is 33.0. The average molecular weight is 836 g/mol. The van der Waals surface area contributed by atoms with Crippen molar-refractivity contribution in [2.75, 3.05) is 13.2 Å². The van der Waals surface area contributed by atoms with Crippen molar-refractivity contribution >= 4 is 29.8 Å². The second-order valence-corrected chi connectivity index (χ2v) is 18.5. The summed E-state index contributed by atoms with van der Waals surface area (Å²) in [6.07, 6.45) is -9.32. The van der Waals surface area contributed by atoms with Crippen LogP contribution in [0.15, 0.2) is 65.7 Å². The number of nitrogens with one attached hydrogen (secondary N) is 1. The molecule has 0 radical (unpaired) electrons. The lowest BCUT2D eigenvalue weighted by Gasteiger charge is -2.68. The average Bonchev–Trinajstić information content (AvgIpc) is 3.16. The van der Waals surface area contributed by atoms with Crippen LogP contribution < -0.4 is 5.32 Å². The van der Waals surface area contributed by atoms with Gasteiger partial charge in [0.1, 0.15) is 23.9 Å². The molecular weight excluding hydrogens is 778 g/mol. The van der Waals surface area contributed by atoms with Crippen LogP contribution in [0.2, 0.25) is 0 Å². The van der Waals surface area contributed by atoms with E-state index in [0.717, 1.165) is 5.56 Å². The molecule has 326 valence electrons. The van der Waals surface area contributed by atoms with E-state index in [-0.39, 0.29) is 29.7 Å². The zero-order valence-electron chi connectivity index (χ0n) is 35.5. The number of aryl methyl sites for hydroxylation is 1. The maximum atomic E-state index is 15.0. The fourth-order valence-corrected chi connectivity index (χ4v) is 10.1. The van der Waals surface area contributed by atoms with Gasteiger partial charge in [-0.2, -0.15) is 0 Å². The molecule has 1 heterocycles. The SMILES string of the molecule is CC(=O)O[C@@]12CO[C@@H]1C[C@H](O)[C@@]1(C)C(=O)[C@H](O)C3=C(C)[C@@H](OC(=O)[C@H](O)[C@@H](NC(=O)OC(C)(C)C)c4ccc(C)cc4)C[C@@](O)([C@@H](COC(=O)c4ccccc4)[C@H]21)C3(C)C. The third-order valence-corrected chi connectivity index (χ3v) is 13.2. The highest BCUT2D eigenvalue weighted by molar-refractivity contribution is 5.93. The number of aliphatic hydroxyl groups is 4. The van der Waals surface area contributed by atoms with Gasteiger partial charge < -0.3 is 49.4 Å². The van der Waals surface area contributed by atoms with Gasteiger partial charge in [0.15, 0.2) is 17.5 Å². The van der Waals surface area contributed by atoms with Crippen LogP contribution in [-0.2, 0) is 38.1 Å². The maximum absolute atomic E-state index is 15.0. The zero-order valence-corrected chi connectivity index (χ0v) is 35.5. The Morgan fingerprint density at radius 3 is 2.18 bits per heavy atom. The van der Waals surface area contributed by atoms with E-state index in [4.69, 9.17) is 23.7 Å². The summed E-state index contributed by atoms with van der Waals surface area (Å²) < 4.78 is 29.3. The van der Waals surface area contributed by atoms with Gasteiger partial charge in [-0.05, 0) is 70.4 Å². The van der Waals surface area contributed by atoms with Crippen molar-refractivity contribution in [3.63, 3.8) is 0 Å². The molecule has 0 aromatic heterocycles. The maximum Gasteiger partial charge on any atom is 0.408 e. The number of esters is 3. The first-order chi connectivity index (χ1) is 27.9. The van der Waals surface area contributed by atoms with Gasteiger partial charge in [-0.3, -0.25) is 9.59 Å². The van der Waals surface area contributed by atoms with E-state index >= 15 is 4.79 Å². The molecule has 3 fully saturated rings. The predicted octanol–water partition coefficient (Wildman–Crippen LogP) is 3.82. The van der Waals surface area contributed by atoms with Crippen LogP contribution in [0.1, 0.15) is 95.8 Å². The van der Waals surface area contributed by atoms with Gasteiger partial charge in [0.2, 0.25) is 0 Å². The molecule has 15 nitrogen and oxygen atoms in total. The number of alkyl carbamates (subject to hydrolysis) is 1. The first-order valence-electron chi connectivity index (χ1n) is 20.2. The molecule has 15 heteroatoms. The minimum Gasteiger partial charge on any atom is -0.462 e. The molecule has 1 amide bonds. The van der Waals surface area contributed by atoms with E-state index in [1.54, 1.807) is 77.1 Å². The number of benzene rings is 2. The summed E-state index contributed by atoms with van der Waals surface area (Å²) in [4.78, 5) is 68.7. The van der Waals surface area contributed by atoms with E-state index in [9.17, 15) is 39.6 Å². The molecule has 60 heavy (non-hydrogen) atoms. The van der Waals surface area contributed by atoms with Crippen LogP contribution in [0.5, 0.6) is 0 Å². The number of Topliss-reactive ketones (excluding diaryl/α,β-unsaturated/α-hetero) is 1. The second-order valence-electron chi connectivity index (χ2n) is 18.5. The molecule has 5 N–H and O–H groups in total. The van der Waals surface area contributed by atoms with E-state index in [0.29, 0.717) is 5.56 Å². The molecule has 2 bridgehead atoms. The minimum absolute atomic E-state index is 0.00437. The van der Waals surface area contributed by atoms with Crippen LogP contribution >= 0.6 is 0 Å². The summed E-state index contributed by atoms with van der Waals surface area (Å²) in [5.41, 5.74) is -6.55. The molecule has 0 unspecified atom stereocenters. The Balaban J connectivity index is 1.47. The van der Waals surface area contributed by atoms with Gasteiger partial charge in [-0.25, -0.2) is 14.4 Å². The summed E-state index contributed by atoms with van der Waals surface area (Å²) >= 11 is 0. The van der Waals surface area contributed by atoms with Crippen LogP contribution in [0.25, 0.3) is 0 Å². The number of ketones is 1. The topological polar surface area (TPSA) is 224 Å². The Labute approximate surface area is 349 Å². The Morgan fingerprint density at radius 2 is 1.62 bits per heavy atom. The largest absolute Gasteiger partial charge is 0.462 e. The zero-order chi connectivity index (χ0) is 44.3. The van der Waals surface area contributed by atoms with Gasteiger partial charge in [0, 0.05) is 37.0 Å². The molecule has 4 aliphatic rings. The van der Waals surface area contributed by atoms with Crippen LogP contribution in [-0.4, -0.2) is 111 Å². The lowest BCUT2D eigenvalue weighted by atomic mass is 9.42. The fourth-order valence-electron chi connectivity index (χ4n) is 10.1. The predicted molar refractivity (Wildman–Crippen MR) is 213 cm³/mol. The molecule has 6 rings (SSSR count). The standard InChI is InChI=1S/C45H57NO14/c1-23-15-17-26(18-16-23)33(46-40(54)60-41(4,5)6)35(50)39(53)58-29-20-45(55)28(21-56-38(52)27-13-11-10-12-14-27)36-43(9,37(51)34(49)32(24(29)2)42(45,7)8)30(48)19-31-44(36,22-57-31)59-25(3)47/h10-18,28-31,33-36,48-50,55H,19-22H2,1-9H3,(H,46,54)/t28-,29-,30-,31+,33-,34+,35+,36-,43+,44-,45+/m0/s1. The number of fused-ring (bicyclic) bond motifs is 5. The van der Waals surface area contributed by atoms with Gasteiger partial charge in [-0.1, -0.05) is 61.9 Å². The Bertz CT molecular complexity index is 2040. The molecule has 3 aliphatic carbocycles. The summed E-state index contributed by atoms with van der Waals surface area (Å²) in [5, 5.41) is 51.9. The smallest absolute Gasteiger partial charge is 0.408 e. The van der Waals surface area contributed by atoms with Crippen molar-refractivity contribution in [1.82, 2.24) is 5.32 Å². The number of carbonyl (C=O) groups is 5. The third kappa shape index (κ3) is 7.63. The molecule has 2 saturated carbocycles. The molecular formula is C45H57NO14. The Kier molecular flexibility index (Phi) is 12.0. The quantitative estimate of drug-likeness (QED) is 0.138. The summed E-state index contributed by atoms with van der Waals surface area (Å²) in [6.45, 7) is 13.4. The van der Waals surface area contributed by atoms with E-state index in [2.05, 4.69) is 5.32 Å². The van der Waals surface area contributed by atoms with Gasteiger partial charge in [0.05, 0.1) is 41.9 Å². The highest BCUT2D eigenvalue weighted by Crippen LogP contribution is 2.65. The molecule has 11 atom stereocenters. The molecule has 1 aliphatic heterocycles. The van der Waals surface area contributed by atoms with Crippen LogP contribution in [0, 0.1) is 29.6 Å². The Hall–Kier alpha value is -4.67. The molecule has 2 aromatic rings. The summed E-state index contributed by atoms with van der Waals surface area (Å²) in [5.74, 6) is -6.25. The number of amides is 1. The Morgan fingerprint density at radius 1 is 0.983 bits per heavy atom. The highest BCUT2D eigenvalue weighted by Gasteiger charge is 2.77. The summed E-state index contributed by atoms with van der Waals surface area (Å²) in [6, 6.07) is 13.4. The van der Waals surface area contributed by atoms with Crippen molar-refractivity contribution < 1.29 is 68.1 Å². The fraction of sp³-hybridized carbons (Fsp3) is 0.578. The highest BCUT2D eigenvalue weighted by atomic mass is 16.6. The van der Waals surface area contributed by atoms with Gasteiger partial charge in [0.25, 0.3) is 0 Å². The van der Waals surface area contributed by atoms with E-state index in [1.165, 1.54) is 32.9 Å². The third-order valence-electron chi connectivity index (χ3n) is 13.2. The molecule has 1 saturated heterocycles. The monoisotopic (exact) mass is 835 g/mol. The number of aliphatic hydroxyl groups excluding tert-OH is 3. The minimum atomic E-state index is -2.17. The van der Waals surface area contributed by atoms with Crippen LogP contribution in [0.4, 0.5) is 4.79 Å². The van der Waals surface area contributed by atoms with Crippen molar-refractivity contribution in [2.24, 2.45) is 22.7 Å². The number of hydrogen-bond donors (Lipinski definition) is 5. The molecule has 2 aromatic carbocycles. The number of carbonyl (C=O) groups excluding carboxylic acids is 5. The van der Waals surface area contributed by atoms with Crippen LogP contribution in [0.3, 0.4) is 0 Å². The lowest BCUT2D eigenvalue weighted by molar-refractivity contribution is -0.341. The van der Waals surface area contributed by atoms with Crippen molar-refractivity contribution in [1.29, 1.82) is 0 Å². The van der Waals surface area contributed by atoms with Crippen molar-refractivity contribution in [3.05, 3.63) is 82.4 Å². The summed E-state index contributed by atoms with van der Waals surface area (Å²) in [7, 11) is 0. The van der Waals surface area contributed by atoms with E-state index in [1.807, 2.05) is 6.92 Å². The number of hydrogen-bond acceptors (Lipinski definition) is 14. The van der Waals surface area contributed by atoms with E-state index < -0.39 is 119 Å². The number of ether oxygens (including phenoxy) is 5. The van der Waals surface area contributed by atoms with Crippen molar-refractivity contribution in [2.45, 2.75) is 129 Å². The number of rotatable bonds is 9. The molecule has 0 spiro atoms. The first-order valence-corrected chi connectivity index (χ1v) is 20.2.